The van der Waals surface area contributed by atoms with Crippen LogP contribution < -0.4 is 5.32 Å². The molecule has 6 heteroatoms. The fourth-order valence-corrected chi connectivity index (χ4v) is 6.45. The van der Waals surface area contributed by atoms with Crippen LogP contribution >= 0.6 is 24.0 Å². The zero-order valence-electron chi connectivity index (χ0n) is 18.2. The lowest BCUT2D eigenvalue weighted by atomic mass is 9.54. The van der Waals surface area contributed by atoms with E-state index in [4.69, 9.17) is 9.73 Å². The average molecular weight is 505 g/mol. The molecule has 4 unspecified atom stereocenters. The predicted molar refractivity (Wildman–Crippen MR) is 127 cm³/mol. The van der Waals surface area contributed by atoms with Crippen molar-refractivity contribution in [3.63, 3.8) is 0 Å². The van der Waals surface area contributed by atoms with Gasteiger partial charge in [0.25, 0.3) is 0 Å². The van der Waals surface area contributed by atoms with Crippen molar-refractivity contribution in [2.75, 3.05) is 45.9 Å². The summed E-state index contributed by atoms with van der Waals surface area (Å²) in [5.74, 6) is 2.67. The van der Waals surface area contributed by atoms with Gasteiger partial charge in [-0.05, 0) is 51.6 Å². The van der Waals surface area contributed by atoms with E-state index in [1.165, 1.54) is 51.0 Å². The monoisotopic (exact) mass is 504 g/mol. The molecule has 4 rings (SSSR count). The van der Waals surface area contributed by atoms with Gasteiger partial charge >= 0.3 is 0 Å². The van der Waals surface area contributed by atoms with Crippen molar-refractivity contribution in [2.24, 2.45) is 22.2 Å². The molecule has 2 aliphatic heterocycles. The van der Waals surface area contributed by atoms with Crippen molar-refractivity contribution in [3.8, 4) is 0 Å². The second-order valence-corrected chi connectivity index (χ2v) is 9.19. The topological polar surface area (TPSA) is 40.1 Å². The SMILES string of the molecule is CCN=C(NC1C2CCOC2C12CCCC2)N1CCC(CN(CC)CC)C1.I. The first-order chi connectivity index (χ1) is 13.2. The molecular weight excluding hydrogens is 463 g/mol. The van der Waals surface area contributed by atoms with Gasteiger partial charge in [0.05, 0.1) is 6.10 Å². The average Bonchev–Trinajstić information content (AvgIpc) is 3.42. The van der Waals surface area contributed by atoms with Crippen molar-refractivity contribution in [1.29, 1.82) is 0 Å². The normalized spacial score (nSPS) is 33.9. The van der Waals surface area contributed by atoms with Crippen LogP contribution in [0.1, 0.15) is 59.3 Å². The minimum Gasteiger partial charge on any atom is -0.377 e. The summed E-state index contributed by atoms with van der Waals surface area (Å²) in [5, 5.41) is 3.98. The standard InChI is InChI=1S/C22H40N4O.HI/c1-4-23-21(26-13-9-17(16-26)15-25(5-2)6-3)24-19-18-10-14-27-20(18)22(19)11-7-8-12-22;/h17-20H,4-16H2,1-3H3,(H,23,24);1H. The molecule has 2 aliphatic carbocycles. The number of hydrogen-bond donors (Lipinski definition) is 1. The van der Waals surface area contributed by atoms with E-state index in [0.29, 0.717) is 23.5 Å². The number of likely N-dealkylation sites (tertiary alicyclic amines) is 1. The second kappa shape index (κ2) is 9.82. The molecule has 2 heterocycles. The smallest absolute Gasteiger partial charge is 0.194 e. The third-order valence-electron chi connectivity index (χ3n) is 7.87. The summed E-state index contributed by atoms with van der Waals surface area (Å²) in [6.07, 6.45) is 8.49. The lowest BCUT2D eigenvalue weighted by molar-refractivity contribution is -0.125. The van der Waals surface area contributed by atoms with Crippen LogP contribution in [0.4, 0.5) is 0 Å². The molecule has 4 atom stereocenters. The summed E-state index contributed by atoms with van der Waals surface area (Å²) < 4.78 is 6.17. The van der Waals surface area contributed by atoms with Crippen LogP contribution in [0.3, 0.4) is 0 Å². The Balaban J connectivity index is 0.00000225. The Morgan fingerprint density at radius 2 is 1.93 bits per heavy atom. The summed E-state index contributed by atoms with van der Waals surface area (Å²) in [4.78, 5) is 10.0. The molecule has 4 aliphatic rings. The predicted octanol–water partition coefficient (Wildman–Crippen LogP) is 3.58. The Bertz CT molecular complexity index is 533. The van der Waals surface area contributed by atoms with E-state index in [1.807, 2.05) is 0 Å². The maximum absolute atomic E-state index is 6.17. The van der Waals surface area contributed by atoms with Crippen LogP contribution in [-0.4, -0.2) is 73.8 Å². The summed E-state index contributed by atoms with van der Waals surface area (Å²) >= 11 is 0. The third kappa shape index (κ3) is 4.07. The van der Waals surface area contributed by atoms with E-state index >= 15 is 0 Å². The second-order valence-electron chi connectivity index (χ2n) is 9.19. The molecule has 4 fully saturated rings. The number of hydrogen-bond acceptors (Lipinski definition) is 3. The molecule has 2 saturated carbocycles. The number of fused-ring (bicyclic) bond motifs is 2. The van der Waals surface area contributed by atoms with Gasteiger partial charge in [0, 0.05) is 50.2 Å². The number of nitrogens with one attached hydrogen (secondary N) is 1. The van der Waals surface area contributed by atoms with Gasteiger partial charge in [-0.3, -0.25) is 4.99 Å². The summed E-state index contributed by atoms with van der Waals surface area (Å²) in [6, 6.07) is 0.583. The van der Waals surface area contributed by atoms with Gasteiger partial charge in [-0.1, -0.05) is 26.7 Å². The molecule has 0 aromatic heterocycles. The van der Waals surface area contributed by atoms with Crippen molar-refractivity contribution in [3.05, 3.63) is 0 Å². The minimum atomic E-state index is 0. The molecule has 5 nitrogen and oxygen atoms in total. The van der Waals surface area contributed by atoms with E-state index in [2.05, 4.69) is 35.9 Å². The summed E-state index contributed by atoms with van der Waals surface area (Å²) in [7, 11) is 0. The number of guanidine groups is 1. The van der Waals surface area contributed by atoms with Gasteiger partial charge < -0.3 is 19.9 Å². The first-order valence-corrected chi connectivity index (χ1v) is 11.6. The highest BCUT2D eigenvalue weighted by Gasteiger charge is 2.65. The van der Waals surface area contributed by atoms with Crippen LogP contribution in [-0.2, 0) is 4.74 Å². The number of rotatable bonds is 6. The molecule has 2 saturated heterocycles. The van der Waals surface area contributed by atoms with Crippen molar-refractivity contribution in [1.82, 2.24) is 15.1 Å². The van der Waals surface area contributed by atoms with E-state index in [0.717, 1.165) is 45.2 Å². The molecule has 1 spiro atoms. The molecule has 162 valence electrons. The van der Waals surface area contributed by atoms with Gasteiger partial charge in [-0.2, -0.15) is 0 Å². The van der Waals surface area contributed by atoms with E-state index in [9.17, 15) is 0 Å². The van der Waals surface area contributed by atoms with Crippen LogP contribution in [0.5, 0.6) is 0 Å². The molecule has 1 N–H and O–H groups in total. The Labute approximate surface area is 189 Å². The fraction of sp³-hybridized carbons (Fsp3) is 0.955. The first-order valence-electron chi connectivity index (χ1n) is 11.6. The van der Waals surface area contributed by atoms with E-state index in [1.54, 1.807) is 0 Å². The van der Waals surface area contributed by atoms with Crippen molar-refractivity contribution >= 4 is 29.9 Å². The summed E-state index contributed by atoms with van der Waals surface area (Å²) in [6.45, 7) is 14.4. The third-order valence-corrected chi connectivity index (χ3v) is 7.87. The Morgan fingerprint density at radius 1 is 1.18 bits per heavy atom. The highest BCUT2D eigenvalue weighted by atomic mass is 127. The van der Waals surface area contributed by atoms with Gasteiger partial charge in [0.1, 0.15) is 0 Å². The van der Waals surface area contributed by atoms with E-state index in [-0.39, 0.29) is 24.0 Å². The molecule has 28 heavy (non-hydrogen) atoms. The molecule has 0 aromatic carbocycles. The quantitative estimate of drug-likeness (QED) is 0.341. The first kappa shape index (κ1) is 22.6. The Hall–Kier alpha value is -0.0800. The lowest BCUT2D eigenvalue weighted by Crippen LogP contribution is -2.69. The largest absolute Gasteiger partial charge is 0.377 e. The van der Waals surface area contributed by atoms with Gasteiger partial charge in [-0.25, -0.2) is 0 Å². The zero-order chi connectivity index (χ0) is 18.9. The molecule has 0 amide bonds. The van der Waals surface area contributed by atoms with Crippen LogP contribution in [0, 0.1) is 17.3 Å². The molecule has 0 aromatic rings. The Morgan fingerprint density at radius 3 is 2.61 bits per heavy atom. The van der Waals surface area contributed by atoms with Crippen molar-refractivity contribution < 1.29 is 4.74 Å². The molecule has 0 bridgehead atoms. The fourth-order valence-electron chi connectivity index (χ4n) is 6.45. The number of aliphatic imine (C=N–C) groups is 1. The minimum absolute atomic E-state index is 0. The highest BCUT2D eigenvalue weighted by molar-refractivity contribution is 14.0. The maximum atomic E-state index is 6.17. The zero-order valence-corrected chi connectivity index (χ0v) is 20.5. The highest BCUT2D eigenvalue weighted by Crippen LogP contribution is 2.60. The number of nitrogens with zero attached hydrogens (tertiary/aromatic N) is 3. The maximum Gasteiger partial charge on any atom is 0.194 e. The lowest BCUT2D eigenvalue weighted by Gasteiger charge is -2.57. The van der Waals surface area contributed by atoms with Crippen LogP contribution in [0.25, 0.3) is 0 Å². The van der Waals surface area contributed by atoms with Gasteiger partial charge in [0.2, 0.25) is 0 Å². The Kier molecular flexibility index (Phi) is 7.93. The van der Waals surface area contributed by atoms with E-state index < -0.39 is 0 Å². The molecular formula is C22H41IN4O. The molecule has 0 radical (unpaired) electrons. The summed E-state index contributed by atoms with van der Waals surface area (Å²) in [5.41, 5.74) is 0.399. The van der Waals surface area contributed by atoms with Crippen LogP contribution in [0.2, 0.25) is 0 Å². The number of ether oxygens (including phenoxy) is 1. The number of halogens is 1. The van der Waals surface area contributed by atoms with Gasteiger partial charge in [0.15, 0.2) is 5.96 Å². The van der Waals surface area contributed by atoms with Gasteiger partial charge in [-0.15, -0.1) is 24.0 Å². The van der Waals surface area contributed by atoms with Crippen molar-refractivity contribution in [2.45, 2.75) is 71.4 Å². The van der Waals surface area contributed by atoms with Crippen LogP contribution in [0.15, 0.2) is 4.99 Å².